The van der Waals surface area contributed by atoms with Gasteiger partial charge in [-0.15, -0.1) is 0 Å². The second-order valence-corrected chi connectivity index (χ2v) is 4.71. The van der Waals surface area contributed by atoms with Gasteiger partial charge in [0.1, 0.15) is 17.4 Å². The summed E-state index contributed by atoms with van der Waals surface area (Å²) in [7, 11) is 1.65. The standard InChI is InChI=1S/C12H12IN3O/c1-17-9-4-2-3-8(5-9)6-11-15-7-10(13)12(14)16-11/h2-5,7H,6H2,1H3,(H2,14,15,16). The zero-order valence-corrected chi connectivity index (χ0v) is 11.5. The molecule has 0 bridgehead atoms. The van der Waals surface area contributed by atoms with Crippen molar-refractivity contribution in [3.8, 4) is 5.75 Å². The molecule has 0 unspecified atom stereocenters. The quantitative estimate of drug-likeness (QED) is 0.870. The van der Waals surface area contributed by atoms with Crippen molar-refractivity contribution in [1.29, 1.82) is 0 Å². The van der Waals surface area contributed by atoms with E-state index in [0.29, 0.717) is 12.2 Å². The molecule has 2 aromatic rings. The highest BCUT2D eigenvalue weighted by Crippen LogP contribution is 2.16. The molecule has 0 aliphatic heterocycles. The number of aromatic nitrogens is 2. The number of nitrogens with two attached hydrogens (primary N) is 1. The summed E-state index contributed by atoms with van der Waals surface area (Å²) in [4.78, 5) is 8.49. The number of nitrogen functional groups attached to an aromatic ring is 1. The normalized spacial score (nSPS) is 10.2. The molecule has 0 saturated heterocycles. The lowest BCUT2D eigenvalue weighted by Crippen LogP contribution is -2.02. The highest BCUT2D eigenvalue weighted by molar-refractivity contribution is 14.1. The molecule has 17 heavy (non-hydrogen) atoms. The zero-order valence-electron chi connectivity index (χ0n) is 9.35. The summed E-state index contributed by atoms with van der Waals surface area (Å²) in [5.74, 6) is 2.08. The molecule has 0 fully saturated rings. The molecule has 0 aliphatic carbocycles. The minimum Gasteiger partial charge on any atom is -0.497 e. The first-order valence-corrected chi connectivity index (χ1v) is 6.16. The molecule has 0 atom stereocenters. The van der Waals surface area contributed by atoms with Crippen molar-refractivity contribution < 1.29 is 4.74 Å². The van der Waals surface area contributed by atoms with Crippen LogP contribution in [0, 0.1) is 3.57 Å². The van der Waals surface area contributed by atoms with Crippen molar-refractivity contribution in [2.45, 2.75) is 6.42 Å². The molecule has 0 radical (unpaired) electrons. The molecule has 1 aromatic carbocycles. The number of methoxy groups -OCH3 is 1. The fourth-order valence-corrected chi connectivity index (χ4v) is 1.73. The van der Waals surface area contributed by atoms with Crippen LogP contribution in [0.3, 0.4) is 0 Å². The number of hydrogen-bond acceptors (Lipinski definition) is 4. The van der Waals surface area contributed by atoms with E-state index in [4.69, 9.17) is 10.5 Å². The van der Waals surface area contributed by atoms with Crippen LogP contribution in [0.5, 0.6) is 5.75 Å². The van der Waals surface area contributed by atoms with Crippen LogP contribution in [0.4, 0.5) is 5.82 Å². The topological polar surface area (TPSA) is 61.0 Å². The van der Waals surface area contributed by atoms with Gasteiger partial charge in [-0.05, 0) is 40.3 Å². The van der Waals surface area contributed by atoms with Crippen LogP contribution in [0.2, 0.25) is 0 Å². The van der Waals surface area contributed by atoms with Crippen LogP contribution in [-0.2, 0) is 6.42 Å². The summed E-state index contributed by atoms with van der Waals surface area (Å²) in [6, 6.07) is 7.84. The van der Waals surface area contributed by atoms with Crippen LogP contribution >= 0.6 is 22.6 Å². The molecule has 0 aliphatic rings. The second kappa shape index (κ2) is 5.31. The van der Waals surface area contributed by atoms with Crippen molar-refractivity contribution in [1.82, 2.24) is 9.97 Å². The minimum absolute atomic E-state index is 0.526. The van der Waals surface area contributed by atoms with Crippen LogP contribution in [-0.4, -0.2) is 17.1 Å². The molecule has 0 amide bonds. The summed E-state index contributed by atoms with van der Waals surface area (Å²) >= 11 is 2.11. The van der Waals surface area contributed by atoms with Crippen LogP contribution in [0.1, 0.15) is 11.4 Å². The maximum atomic E-state index is 5.75. The van der Waals surface area contributed by atoms with E-state index in [0.717, 1.165) is 20.7 Å². The number of benzene rings is 1. The van der Waals surface area contributed by atoms with Crippen molar-refractivity contribution in [2.75, 3.05) is 12.8 Å². The Labute approximate surface area is 113 Å². The fraction of sp³-hybridized carbons (Fsp3) is 0.167. The van der Waals surface area contributed by atoms with Gasteiger partial charge in [0.05, 0.1) is 10.7 Å². The van der Waals surface area contributed by atoms with Crippen LogP contribution in [0.15, 0.2) is 30.5 Å². The Morgan fingerprint density at radius 1 is 1.41 bits per heavy atom. The first-order valence-electron chi connectivity index (χ1n) is 5.09. The van der Waals surface area contributed by atoms with E-state index in [1.807, 2.05) is 24.3 Å². The predicted octanol–water partition coefficient (Wildman–Crippen LogP) is 2.26. The Kier molecular flexibility index (Phi) is 3.78. The van der Waals surface area contributed by atoms with E-state index >= 15 is 0 Å². The Morgan fingerprint density at radius 2 is 2.24 bits per heavy atom. The summed E-state index contributed by atoms with van der Waals surface area (Å²) in [6.45, 7) is 0. The summed E-state index contributed by atoms with van der Waals surface area (Å²) < 4.78 is 6.04. The maximum Gasteiger partial charge on any atom is 0.140 e. The van der Waals surface area contributed by atoms with Gasteiger partial charge in [-0.2, -0.15) is 0 Å². The second-order valence-electron chi connectivity index (χ2n) is 3.55. The molecule has 1 heterocycles. The smallest absolute Gasteiger partial charge is 0.140 e. The first kappa shape index (κ1) is 12.1. The van der Waals surface area contributed by atoms with E-state index in [1.54, 1.807) is 13.3 Å². The lowest BCUT2D eigenvalue weighted by atomic mass is 10.1. The first-order chi connectivity index (χ1) is 8.19. The van der Waals surface area contributed by atoms with Gasteiger partial charge in [-0.3, -0.25) is 0 Å². The Balaban J connectivity index is 2.22. The van der Waals surface area contributed by atoms with Crippen LogP contribution in [0.25, 0.3) is 0 Å². The molecule has 0 saturated carbocycles. The molecule has 4 nitrogen and oxygen atoms in total. The van der Waals surface area contributed by atoms with E-state index < -0.39 is 0 Å². The van der Waals surface area contributed by atoms with Gasteiger partial charge < -0.3 is 10.5 Å². The average molecular weight is 341 g/mol. The Bertz CT molecular complexity index is 531. The molecule has 2 N–H and O–H groups in total. The van der Waals surface area contributed by atoms with Gasteiger partial charge >= 0.3 is 0 Å². The Hall–Kier alpha value is -1.37. The molecular weight excluding hydrogens is 329 g/mol. The van der Waals surface area contributed by atoms with Gasteiger partial charge in [-0.25, -0.2) is 9.97 Å². The molecule has 88 valence electrons. The third kappa shape index (κ3) is 3.06. The van der Waals surface area contributed by atoms with Crippen molar-refractivity contribution in [3.05, 3.63) is 45.4 Å². The van der Waals surface area contributed by atoms with E-state index in [2.05, 4.69) is 32.6 Å². The molecular formula is C12H12IN3O. The van der Waals surface area contributed by atoms with E-state index in [9.17, 15) is 0 Å². The molecule has 1 aromatic heterocycles. The number of ether oxygens (including phenoxy) is 1. The SMILES string of the molecule is COc1cccc(Cc2ncc(I)c(N)n2)c1. The fourth-order valence-electron chi connectivity index (χ4n) is 1.47. The molecule has 0 spiro atoms. The minimum atomic E-state index is 0.526. The van der Waals surface area contributed by atoms with Gasteiger partial charge in [0, 0.05) is 12.6 Å². The van der Waals surface area contributed by atoms with E-state index in [1.165, 1.54) is 0 Å². The van der Waals surface area contributed by atoms with Gasteiger partial charge in [0.2, 0.25) is 0 Å². The third-order valence-corrected chi connectivity index (χ3v) is 3.15. The van der Waals surface area contributed by atoms with Crippen molar-refractivity contribution in [3.63, 3.8) is 0 Å². The largest absolute Gasteiger partial charge is 0.497 e. The predicted molar refractivity (Wildman–Crippen MR) is 75.0 cm³/mol. The number of hydrogen-bond donors (Lipinski definition) is 1. The van der Waals surface area contributed by atoms with Crippen molar-refractivity contribution in [2.24, 2.45) is 0 Å². The lowest BCUT2D eigenvalue weighted by Gasteiger charge is -2.04. The summed E-state index contributed by atoms with van der Waals surface area (Å²) in [6.07, 6.45) is 2.39. The Morgan fingerprint density at radius 3 is 2.94 bits per heavy atom. The average Bonchev–Trinajstić information content (AvgIpc) is 2.34. The number of halogens is 1. The van der Waals surface area contributed by atoms with Gasteiger partial charge in [0.25, 0.3) is 0 Å². The summed E-state index contributed by atoms with van der Waals surface area (Å²) in [5, 5.41) is 0. The number of anilines is 1. The highest BCUT2D eigenvalue weighted by atomic mass is 127. The summed E-state index contributed by atoms with van der Waals surface area (Å²) in [5.41, 5.74) is 6.85. The number of rotatable bonds is 3. The highest BCUT2D eigenvalue weighted by Gasteiger charge is 2.03. The van der Waals surface area contributed by atoms with Gasteiger partial charge in [0.15, 0.2) is 0 Å². The third-order valence-electron chi connectivity index (χ3n) is 2.32. The van der Waals surface area contributed by atoms with Gasteiger partial charge in [-0.1, -0.05) is 12.1 Å². The number of nitrogens with zero attached hydrogens (tertiary/aromatic N) is 2. The van der Waals surface area contributed by atoms with E-state index in [-0.39, 0.29) is 0 Å². The van der Waals surface area contributed by atoms with Crippen molar-refractivity contribution >= 4 is 28.4 Å². The lowest BCUT2D eigenvalue weighted by molar-refractivity contribution is 0.414. The molecule has 2 rings (SSSR count). The van der Waals surface area contributed by atoms with Crippen LogP contribution < -0.4 is 10.5 Å². The monoisotopic (exact) mass is 341 g/mol. The maximum absolute atomic E-state index is 5.75. The molecule has 5 heteroatoms. The zero-order chi connectivity index (χ0) is 12.3.